The summed E-state index contributed by atoms with van der Waals surface area (Å²) in [7, 11) is -3.86. The maximum absolute atomic E-state index is 14.1. The number of carbonyl (C=O) groups is 2. The van der Waals surface area contributed by atoms with Gasteiger partial charge in [0.15, 0.2) is 0 Å². The summed E-state index contributed by atoms with van der Waals surface area (Å²) in [5.74, 6) is -0.786. The molecule has 214 valence electrons. The zero-order chi connectivity index (χ0) is 29.4. The number of anilines is 1. The lowest BCUT2D eigenvalue weighted by atomic mass is 10.0. The monoisotopic (exact) mass is 583 g/mol. The molecule has 9 heteroatoms. The fraction of sp³-hybridized carbons (Fsp3) is 0.355. The predicted octanol–water partition coefficient (Wildman–Crippen LogP) is 5.28. The van der Waals surface area contributed by atoms with Crippen LogP contribution in [0.3, 0.4) is 0 Å². The van der Waals surface area contributed by atoms with Gasteiger partial charge < -0.3 is 10.2 Å². The highest BCUT2D eigenvalue weighted by atomic mass is 35.5. The Balaban J connectivity index is 2.06. The second-order valence-corrected chi connectivity index (χ2v) is 12.5. The molecule has 2 atom stereocenters. The van der Waals surface area contributed by atoms with Crippen LogP contribution in [0.5, 0.6) is 0 Å². The number of benzene rings is 3. The molecule has 40 heavy (non-hydrogen) atoms. The van der Waals surface area contributed by atoms with E-state index in [0.29, 0.717) is 5.02 Å². The van der Waals surface area contributed by atoms with Gasteiger partial charge in [0.25, 0.3) is 0 Å². The Bertz CT molecular complexity index is 1410. The van der Waals surface area contributed by atoms with E-state index in [1.54, 1.807) is 12.1 Å². The van der Waals surface area contributed by atoms with E-state index in [0.717, 1.165) is 39.2 Å². The third kappa shape index (κ3) is 8.57. The standard InChI is InChI=1S/C31H38ClN3O4S/c1-6-24(4)33-31(37)29(18-25-10-8-7-9-11-25)34(20-26-15-12-22(2)13-16-26)30(36)21-35(40(5,38)39)27-17-14-23(3)28(32)19-27/h7-17,19,24,29H,6,18,20-21H2,1-5H3,(H,33,37)/t24-,29-/m1/s1. The van der Waals surface area contributed by atoms with Crippen molar-refractivity contribution in [3.05, 3.63) is 100 Å². The summed E-state index contributed by atoms with van der Waals surface area (Å²) in [4.78, 5) is 29.3. The molecular weight excluding hydrogens is 546 g/mol. The molecule has 0 saturated carbocycles. The van der Waals surface area contributed by atoms with E-state index in [-0.39, 0.29) is 30.6 Å². The normalized spacial score (nSPS) is 12.8. The van der Waals surface area contributed by atoms with Gasteiger partial charge in [0.1, 0.15) is 12.6 Å². The summed E-state index contributed by atoms with van der Waals surface area (Å²) < 4.78 is 26.8. The largest absolute Gasteiger partial charge is 0.352 e. The van der Waals surface area contributed by atoms with Crippen molar-refractivity contribution in [1.29, 1.82) is 0 Å². The molecule has 0 heterocycles. The van der Waals surface area contributed by atoms with Gasteiger partial charge in [-0.2, -0.15) is 0 Å². The summed E-state index contributed by atoms with van der Waals surface area (Å²) >= 11 is 6.30. The van der Waals surface area contributed by atoms with Crippen LogP contribution in [-0.2, 0) is 32.6 Å². The van der Waals surface area contributed by atoms with E-state index in [2.05, 4.69) is 5.32 Å². The maximum Gasteiger partial charge on any atom is 0.244 e. The van der Waals surface area contributed by atoms with Crippen LogP contribution in [0.4, 0.5) is 5.69 Å². The third-order valence-corrected chi connectivity index (χ3v) is 8.42. The van der Waals surface area contributed by atoms with Gasteiger partial charge >= 0.3 is 0 Å². The molecule has 0 aliphatic heterocycles. The van der Waals surface area contributed by atoms with E-state index < -0.39 is 28.5 Å². The highest BCUT2D eigenvalue weighted by Crippen LogP contribution is 2.26. The van der Waals surface area contributed by atoms with E-state index in [9.17, 15) is 18.0 Å². The number of carbonyl (C=O) groups excluding carboxylic acids is 2. The van der Waals surface area contributed by atoms with Crippen molar-refractivity contribution in [2.45, 2.75) is 59.2 Å². The lowest BCUT2D eigenvalue weighted by Crippen LogP contribution is -2.54. The van der Waals surface area contributed by atoms with Crippen molar-refractivity contribution in [1.82, 2.24) is 10.2 Å². The summed E-state index contributed by atoms with van der Waals surface area (Å²) in [6.45, 7) is 7.33. The van der Waals surface area contributed by atoms with Crippen LogP contribution < -0.4 is 9.62 Å². The Morgan fingerprint density at radius 1 is 0.950 bits per heavy atom. The SMILES string of the molecule is CC[C@@H](C)NC(=O)[C@@H](Cc1ccccc1)N(Cc1ccc(C)cc1)C(=O)CN(c1ccc(C)c(Cl)c1)S(C)(=O)=O. The van der Waals surface area contributed by atoms with Crippen LogP contribution in [0.15, 0.2) is 72.8 Å². The van der Waals surface area contributed by atoms with Gasteiger partial charge in [-0.1, -0.05) is 84.8 Å². The smallest absolute Gasteiger partial charge is 0.244 e. The van der Waals surface area contributed by atoms with Gasteiger partial charge in [-0.25, -0.2) is 8.42 Å². The van der Waals surface area contributed by atoms with Gasteiger partial charge in [-0.15, -0.1) is 0 Å². The number of hydrogen-bond acceptors (Lipinski definition) is 4. The summed E-state index contributed by atoms with van der Waals surface area (Å²) in [5, 5.41) is 3.42. The van der Waals surface area contributed by atoms with Crippen molar-refractivity contribution in [2.75, 3.05) is 17.1 Å². The molecule has 3 rings (SSSR count). The third-order valence-electron chi connectivity index (χ3n) is 6.87. The van der Waals surface area contributed by atoms with Gasteiger partial charge in [0.05, 0.1) is 11.9 Å². The zero-order valence-corrected chi connectivity index (χ0v) is 25.3. The highest BCUT2D eigenvalue weighted by molar-refractivity contribution is 7.92. The number of amides is 2. The molecule has 0 aromatic heterocycles. The number of hydrogen-bond donors (Lipinski definition) is 1. The molecule has 0 aliphatic rings. The van der Waals surface area contributed by atoms with Crippen LogP contribution in [0.1, 0.15) is 42.5 Å². The first kappa shape index (κ1) is 31.2. The molecule has 0 radical (unpaired) electrons. The minimum atomic E-state index is -3.86. The van der Waals surface area contributed by atoms with Crippen molar-refractivity contribution < 1.29 is 18.0 Å². The Kier molecular flexibility index (Phi) is 10.8. The van der Waals surface area contributed by atoms with Crippen molar-refractivity contribution >= 4 is 39.1 Å². The second-order valence-electron chi connectivity index (χ2n) is 10.2. The van der Waals surface area contributed by atoms with Crippen molar-refractivity contribution in [3.8, 4) is 0 Å². The summed E-state index contributed by atoms with van der Waals surface area (Å²) in [6, 6.07) is 21.1. The lowest BCUT2D eigenvalue weighted by Gasteiger charge is -2.34. The minimum Gasteiger partial charge on any atom is -0.352 e. The molecule has 1 N–H and O–H groups in total. The Morgan fingerprint density at radius 2 is 1.60 bits per heavy atom. The Morgan fingerprint density at radius 3 is 2.17 bits per heavy atom. The fourth-order valence-electron chi connectivity index (χ4n) is 4.24. The molecule has 7 nitrogen and oxygen atoms in total. The highest BCUT2D eigenvalue weighted by Gasteiger charge is 2.33. The molecule has 2 amide bonds. The Hall–Kier alpha value is -3.36. The van der Waals surface area contributed by atoms with Crippen molar-refractivity contribution in [2.24, 2.45) is 0 Å². The maximum atomic E-state index is 14.1. The van der Waals surface area contributed by atoms with Crippen LogP contribution in [-0.4, -0.2) is 50.0 Å². The van der Waals surface area contributed by atoms with E-state index in [1.165, 1.54) is 11.0 Å². The topological polar surface area (TPSA) is 86.8 Å². The molecule has 3 aromatic carbocycles. The van der Waals surface area contributed by atoms with E-state index in [1.807, 2.05) is 82.3 Å². The number of rotatable bonds is 12. The average Bonchev–Trinajstić information content (AvgIpc) is 2.91. The van der Waals surface area contributed by atoms with Crippen LogP contribution >= 0.6 is 11.6 Å². The number of nitrogens with zero attached hydrogens (tertiary/aromatic N) is 2. The molecule has 0 aliphatic carbocycles. The predicted molar refractivity (Wildman–Crippen MR) is 162 cm³/mol. The molecular formula is C31H38ClN3O4S. The minimum absolute atomic E-state index is 0.0932. The molecule has 0 bridgehead atoms. The van der Waals surface area contributed by atoms with Gasteiger partial charge in [-0.05, 0) is 56.0 Å². The molecule has 0 unspecified atom stereocenters. The quantitative estimate of drug-likeness (QED) is 0.314. The molecule has 0 spiro atoms. The summed E-state index contributed by atoms with van der Waals surface area (Å²) in [5.41, 5.74) is 3.86. The van der Waals surface area contributed by atoms with Crippen LogP contribution in [0, 0.1) is 13.8 Å². The zero-order valence-electron chi connectivity index (χ0n) is 23.7. The van der Waals surface area contributed by atoms with E-state index in [4.69, 9.17) is 11.6 Å². The van der Waals surface area contributed by atoms with Crippen molar-refractivity contribution in [3.63, 3.8) is 0 Å². The first-order valence-corrected chi connectivity index (χ1v) is 15.5. The number of sulfonamides is 1. The number of nitrogens with one attached hydrogen (secondary N) is 1. The van der Waals surface area contributed by atoms with Gasteiger partial charge in [-0.3, -0.25) is 13.9 Å². The molecule has 3 aromatic rings. The summed E-state index contributed by atoms with van der Waals surface area (Å²) in [6.07, 6.45) is 2.05. The Labute approximate surface area is 243 Å². The first-order valence-electron chi connectivity index (χ1n) is 13.3. The second kappa shape index (κ2) is 13.8. The molecule has 0 fully saturated rings. The first-order chi connectivity index (χ1) is 18.9. The lowest BCUT2D eigenvalue weighted by molar-refractivity contribution is -0.140. The fourth-order valence-corrected chi connectivity index (χ4v) is 5.25. The van der Waals surface area contributed by atoms with Gasteiger partial charge in [0, 0.05) is 24.0 Å². The van der Waals surface area contributed by atoms with Crippen LogP contribution in [0.25, 0.3) is 0 Å². The average molecular weight is 584 g/mol. The number of halogens is 1. The molecule has 0 saturated heterocycles. The van der Waals surface area contributed by atoms with E-state index >= 15 is 0 Å². The number of aryl methyl sites for hydroxylation is 2. The van der Waals surface area contributed by atoms with Crippen LogP contribution in [0.2, 0.25) is 5.02 Å². The van der Waals surface area contributed by atoms with Gasteiger partial charge in [0.2, 0.25) is 21.8 Å².